The van der Waals surface area contributed by atoms with Crippen LogP contribution in [0.25, 0.3) is 11.4 Å². The topological polar surface area (TPSA) is 55.9 Å². The van der Waals surface area contributed by atoms with Gasteiger partial charge in [-0.2, -0.15) is 10.2 Å². The van der Waals surface area contributed by atoms with Gasteiger partial charge in [0.2, 0.25) is 0 Å². The first-order chi connectivity index (χ1) is 7.69. The number of hydrogen-bond acceptors (Lipinski definition) is 3. The Morgan fingerprint density at radius 2 is 2.25 bits per heavy atom. The molecular formula is C10H13ClN4O. The van der Waals surface area contributed by atoms with Crippen LogP contribution in [0.4, 0.5) is 0 Å². The molecule has 0 aliphatic rings. The van der Waals surface area contributed by atoms with Gasteiger partial charge < -0.3 is 5.11 Å². The van der Waals surface area contributed by atoms with Crippen LogP contribution >= 0.6 is 11.6 Å². The quantitative estimate of drug-likeness (QED) is 0.884. The maximum Gasteiger partial charge on any atom is 0.133 e. The van der Waals surface area contributed by atoms with Crippen molar-refractivity contribution in [2.75, 3.05) is 0 Å². The molecule has 86 valence electrons. The van der Waals surface area contributed by atoms with E-state index in [4.69, 9.17) is 11.6 Å². The summed E-state index contributed by atoms with van der Waals surface area (Å²) in [7, 11) is 1.83. The van der Waals surface area contributed by atoms with E-state index in [1.54, 1.807) is 15.6 Å². The van der Waals surface area contributed by atoms with E-state index >= 15 is 0 Å². The maximum atomic E-state index is 9.33. The lowest BCUT2D eigenvalue weighted by Crippen LogP contribution is -1.98. The van der Waals surface area contributed by atoms with Crippen LogP contribution in [0.2, 0.25) is 5.15 Å². The molecule has 0 saturated heterocycles. The normalized spacial score (nSPS) is 11.0. The van der Waals surface area contributed by atoms with Crippen molar-refractivity contribution < 1.29 is 5.11 Å². The summed E-state index contributed by atoms with van der Waals surface area (Å²) in [6.45, 7) is 2.50. The Kier molecular flexibility index (Phi) is 2.98. The molecule has 0 spiro atoms. The van der Waals surface area contributed by atoms with Crippen LogP contribution in [-0.4, -0.2) is 24.7 Å². The van der Waals surface area contributed by atoms with E-state index in [9.17, 15) is 5.11 Å². The van der Waals surface area contributed by atoms with E-state index in [1.165, 1.54) is 0 Å². The van der Waals surface area contributed by atoms with Gasteiger partial charge in [-0.25, -0.2) is 0 Å². The molecule has 0 bridgehead atoms. The highest BCUT2D eigenvalue weighted by molar-refractivity contribution is 6.30. The zero-order chi connectivity index (χ0) is 11.7. The predicted octanol–water partition coefficient (Wildman–Crippen LogP) is 1.45. The van der Waals surface area contributed by atoms with E-state index in [0.717, 1.165) is 5.69 Å². The van der Waals surface area contributed by atoms with Crippen molar-refractivity contribution in [1.82, 2.24) is 19.6 Å². The molecule has 5 nitrogen and oxygen atoms in total. The molecular weight excluding hydrogens is 228 g/mol. The van der Waals surface area contributed by atoms with Gasteiger partial charge in [0, 0.05) is 25.4 Å². The second-order valence-corrected chi connectivity index (χ2v) is 3.79. The molecule has 16 heavy (non-hydrogen) atoms. The Morgan fingerprint density at radius 3 is 2.75 bits per heavy atom. The minimum absolute atomic E-state index is 0.126. The highest BCUT2D eigenvalue weighted by Crippen LogP contribution is 2.28. The molecule has 0 unspecified atom stereocenters. The van der Waals surface area contributed by atoms with Gasteiger partial charge in [-0.3, -0.25) is 9.36 Å². The third-order valence-corrected chi connectivity index (χ3v) is 2.93. The van der Waals surface area contributed by atoms with Crippen LogP contribution in [0.15, 0.2) is 12.3 Å². The van der Waals surface area contributed by atoms with Gasteiger partial charge in [0.1, 0.15) is 10.8 Å². The monoisotopic (exact) mass is 240 g/mol. The first-order valence-corrected chi connectivity index (χ1v) is 5.41. The first-order valence-electron chi connectivity index (χ1n) is 5.03. The lowest BCUT2D eigenvalue weighted by atomic mass is 10.2. The number of aryl methyl sites for hydroxylation is 2. The largest absolute Gasteiger partial charge is 0.391 e. The molecule has 0 aliphatic carbocycles. The molecule has 2 heterocycles. The second-order valence-electron chi connectivity index (χ2n) is 3.43. The van der Waals surface area contributed by atoms with Crippen molar-refractivity contribution in [3.63, 3.8) is 0 Å². The van der Waals surface area contributed by atoms with E-state index in [0.29, 0.717) is 23.0 Å². The van der Waals surface area contributed by atoms with Gasteiger partial charge in [0.05, 0.1) is 12.3 Å². The highest BCUT2D eigenvalue weighted by Gasteiger charge is 2.18. The van der Waals surface area contributed by atoms with Crippen molar-refractivity contribution in [2.45, 2.75) is 20.1 Å². The standard InChI is InChI=1S/C10H13ClN4O/c1-3-15-10(11)7(6-16)9(13-15)8-4-5-12-14(8)2/h4-5,16H,3,6H2,1-2H3. The molecule has 0 amide bonds. The van der Waals surface area contributed by atoms with Crippen molar-refractivity contribution in [3.05, 3.63) is 23.0 Å². The highest BCUT2D eigenvalue weighted by atomic mass is 35.5. The zero-order valence-corrected chi connectivity index (χ0v) is 9.94. The number of aliphatic hydroxyl groups excluding tert-OH is 1. The van der Waals surface area contributed by atoms with Gasteiger partial charge in [0.15, 0.2) is 0 Å². The number of halogens is 1. The lowest BCUT2D eigenvalue weighted by Gasteiger charge is -1.99. The predicted molar refractivity (Wildman–Crippen MR) is 61.0 cm³/mol. The fourth-order valence-electron chi connectivity index (χ4n) is 1.64. The van der Waals surface area contributed by atoms with Crippen molar-refractivity contribution >= 4 is 11.6 Å². The van der Waals surface area contributed by atoms with Gasteiger partial charge in [0.25, 0.3) is 0 Å². The summed E-state index contributed by atoms with van der Waals surface area (Å²) in [4.78, 5) is 0. The van der Waals surface area contributed by atoms with Gasteiger partial charge in [-0.15, -0.1) is 0 Å². The second kappa shape index (κ2) is 4.27. The van der Waals surface area contributed by atoms with E-state index < -0.39 is 0 Å². The third kappa shape index (κ3) is 1.62. The third-order valence-electron chi connectivity index (χ3n) is 2.50. The molecule has 0 aromatic carbocycles. The van der Waals surface area contributed by atoms with E-state index in [2.05, 4.69) is 10.2 Å². The molecule has 6 heteroatoms. The van der Waals surface area contributed by atoms with Gasteiger partial charge >= 0.3 is 0 Å². The molecule has 0 saturated carbocycles. The summed E-state index contributed by atoms with van der Waals surface area (Å²) in [5.41, 5.74) is 2.18. The fourth-order valence-corrected chi connectivity index (χ4v) is 1.95. The van der Waals surface area contributed by atoms with Crippen LogP contribution in [-0.2, 0) is 20.2 Å². The van der Waals surface area contributed by atoms with Crippen molar-refractivity contribution in [1.29, 1.82) is 0 Å². The van der Waals surface area contributed by atoms with Crippen LogP contribution in [0.1, 0.15) is 12.5 Å². The lowest BCUT2D eigenvalue weighted by molar-refractivity contribution is 0.282. The fraction of sp³-hybridized carbons (Fsp3) is 0.400. The number of nitrogens with zero attached hydrogens (tertiary/aromatic N) is 4. The molecule has 2 rings (SSSR count). The van der Waals surface area contributed by atoms with Crippen LogP contribution in [0.3, 0.4) is 0 Å². The molecule has 0 fully saturated rings. The van der Waals surface area contributed by atoms with Crippen LogP contribution in [0.5, 0.6) is 0 Å². The molecule has 0 aliphatic heterocycles. The van der Waals surface area contributed by atoms with Crippen molar-refractivity contribution in [3.8, 4) is 11.4 Å². The number of rotatable bonds is 3. The molecule has 0 radical (unpaired) electrons. The zero-order valence-electron chi connectivity index (χ0n) is 9.18. The average Bonchev–Trinajstić information content (AvgIpc) is 2.82. The van der Waals surface area contributed by atoms with Crippen LogP contribution in [0, 0.1) is 0 Å². The Bertz CT molecular complexity index is 503. The first kappa shape index (κ1) is 11.2. The summed E-state index contributed by atoms with van der Waals surface area (Å²) in [5, 5.41) is 18.3. The summed E-state index contributed by atoms with van der Waals surface area (Å²) >= 11 is 6.11. The molecule has 2 aromatic rings. The minimum atomic E-state index is -0.126. The Hall–Kier alpha value is -1.33. The molecule has 2 aromatic heterocycles. The Morgan fingerprint density at radius 1 is 1.50 bits per heavy atom. The Labute approximate surface area is 98.3 Å². The Balaban J connectivity index is 2.61. The van der Waals surface area contributed by atoms with Crippen molar-refractivity contribution in [2.24, 2.45) is 7.05 Å². The van der Waals surface area contributed by atoms with Crippen LogP contribution < -0.4 is 0 Å². The maximum absolute atomic E-state index is 9.33. The van der Waals surface area contributed by atoms with Gasteiger partial charge in [-0.1, -0.05) is 11.6 Å². The SMILES string of the molecule is CCn1nc(-c2ccnn2C)c(CO)c1Cl. The minimum Gasteiger partial charge on any atom is -0.391 e. The van der Waals surface area contributed by atoms with E-state index in [-0.39, 0.29) is 6.61 Å². The summed E-state index contributed by atoms with van der Waals surface area (Å²) in [5.74, 6) is 0. The number of hydrogen-bond donors (Lipinski definition) is 1. The number of aromatic nitrogens is 4. The molecule has 0 atom stereocenters. The summed E-state index contributed by atoms with van der Waals surface area (Å²) in [6, 6.07) is 1.85. The summed E-state index contributed by atoms with van der Waals surface area (Å²) in [6.07, 6.45) is 1.69. The van der Waals surface area contributed by atoms with E-state index in [1.807, 2.05) is 20.0 Å². The average molecular weight is 241 g/mol. The molecule has 1 N–H and O–H groups in total. The van der Waals surface area contributed by atoms with Gasteiger partial charge in [-0.05, 0) is 13.0 Å². The summed E-state index contributed by atoms with van der Waals surface area (Å²) < 4.78 is 3.37. The smallest absolute Gasteiger partial charge is 0.133 e. The number of aliphatic hydroxyl groups is 1.